The first-order valence-electron chi connectivity index (χ1n) is 4.49. The van der Waals surface area contributed by atoms with E-state index in [9.17, 15) is 13.2 Å². The maximum atomic E-state index is 12.2. The number of hydrogen-bond acceptors (Lipinski definition) is 1. The van der Waals surface area contributed by atoms with Gasteiger partial charge in [0.05, 0.1) is 0 Å². The van der Waals surface area contributed by atoms with Gasteiger partial charge in [-0.3, -0.25) is 0 Å². The van der Waals surface area contributed by atoms with Crippen LogP contribution >= 0.6 is 0 Å². The molecule has 1 atom stereocenters. The molecular formula is C9H11F3N2. The molecule has 1 aromatic heterocycles. The van der Waals surface area contributed by atoms with Crippen LogP contribution in [0.5, 0.6) is 0 Å². The predicted molar refractivity (Wildman–Crippen MR) is 45.4 cm³/mol. The first kappa shape index (κ1) is 9.58. The number of nitrogens with one attached hydrogen (secondary N) is 1. The highest BCUT2D eigenvalue weighted by molar-refractivity contribution is 5.23. The summed E-state index contributed by atoms with van der Waals surface area (Å²) in [7, 11) is 0. The van der Waals surface area contributed by atoms with Crippen LogP contribution in [-0.2, 0) is 6.18 Å². The van der Waals surface area contributed by atoms with Crippen molar-refractivity contribution in [3.63, 3.8) is 0 Å². The fraction of sp³-hybridized carbons (Fsp3) is 0.556. The normalized spacial score (nSPS) is 19.7. The summed E-state index contributed by atoms with van der Waals surface area (Å²) in [4.78, 5) is 2.20. The van der Waals surface area contributed by atoms with Gasteiger partial charge in [-0.05, 0) is 30.4 Å². The van der Waals surface area contributed by atoms with E-state index < -0.39 is 11.9 Å². The molecular weight excluding hydrogens is 193 g/mol. The van der Waals surface area contributed by atoms with Gasteiger partial charge in [0.1, 0.15) is 5.69 Å². The minimum absolute atomic E-state index is 0.248. The monoisotopic (exact) mass is 204 g/mol. The number of aromatic nitrogens is 1. The predicted octanol–water partition coefficient (Wildman–Crippen LogP) is 2.44. The Bertz CT molecular complexity index is 325. The second-order valence-electron chi connectivity index (χ2n) is 3.71. The molecule has 78 valence electrons. The van der Waals surface area contributed by atoms with Crippen molar-refractivity contribution in [1.29, 1.82) is 0 Å². The van der Waals surface area contributed by atoms with E-state index in [1.807, 2.05) is 0 Å². The van der Waals surface area contributed by atoms with Crippen molar-refractivity contribution in [3.05, 3.63) is 23.5 Å². The average Bonchev–Trinajstić information content (AvgIpc) is 2.79. The van der Waals surface area contributed by atoms with E-state index >= 15 is 0 Å². The third kappa shape index (κ3) is 1.77. The second-order valence-corrected chi connectivity index (χ2v) is 3.71. The van der Waals surface area contributed by atoms with E-state index in [1.54, 1.807) is 0 Å². The van der Waals surface area contributed by atoms with Gasteiger partial charge < -0.3 is 10.7 Å². The molecule has 14 heavy (non-hydrogen) atoms. The molecule has 0 saturated heterocycles. The lowest BCUT2D eigenvalue weighted by Gasteiger charge is -2.06. The molecule has 1 unspecified atom stereocenters. The molecule has 0 bridgehead atoms. The van der Waals surface area contributed by atoms with E-state index in [2.05, 4.69) is 4.98 Å². The molecule has 0 aromatic carbocycles. The van der Waals surface area contributed by atoms with Crippen LogP contribution in [0.3, 0.4) is 0 Å². The third-order valence-corrected chi connectivity index (χ3v) is 2.53. The van der Waals surface area contributed by atoms with Crippen LogP contribution in [0.25, 0.3) is 0 Å². The number of aromatic amines is 1. The molecule has 2 nitrogen and oxygen atoms in total. The molecule has 1 saturated carbocycles. The fourth-order valence-corrected chi connectivity index (χ4v) is 1.49. The van der Waals surface area contributed by atoms with Gasteiger partial charge in [0.25, 0.3) is 0 Å². The highest BCUT2D eigenvalue weighted by Gasteiger charge is 2.35. The zero-order chi connectivity index (χ0) is 10.3. The standard InChI is InChI=1S/C9H11F3N2/c10-9(11,12)7-3-6(4-14-7)8(13)5-1-2-5/h3-5,8,14H,1-2,13H2. The minimum Gasteiger partial charge on any atom is -0.357 e. The van der Waals surface area contributed by atoms with Crippen molar-refractivity contribution in [2.24, 2.45) is 11.7 Å². The van der Waals surface area contributed by atoms with E-state index in [-0.39, 0.29) is 6.04 Å². The van der Waals surface area contributed by atoms with Crippen molar-refractivity contribution in [2.45, 2.75) is 25.1 Å². The number of rotatable bonds is 2. The molecule has 1 aliphatic carbocycles. The van der Waals surface area contributed by atoms with Crippen molar-refractivity contribution in [3.8, 4) is 0 Å². The Morgan fingerprint density at radius 1 is 1.43 bits per heavy atom. The smallest absolute Gasteiger partial charge is 0.357 e. The molecule has 0 amide bonds. The summed E-state index contributed by atoms with van der Waals surface area (Å²) in [5.41, 5.74) is 5.61. The lowest BCUT2D eigenvalue weighted by Crippen LogP contribution is -2.11. The summed E-state index contributed by atoms with van der Waals surface area (Å²) in [5.74, 6) is 0.367. The van der Waals surface area contributed by atoms with E-state index in [4.69, 9.17) is 5.73 Å². The summed E-state index contributed by atoms with van der Waals surface area (Å²) in [6.45, 7) is 0. The molecule has 5 heteroatoms. The minimum atomic E-state index is -4.30. The molecule has 1 heterocycles. The Balaban J connectivity index is 2.16. The molecule has 1 aromatic rings. The first-order chi connectivity index (χ1) is 6.48. The zero-order valence-electron chi connectivity index (χ0n) is 7.43. The molecule has 0 radical (unpaired) electrons. The van der Waals surface area contributed by atoms with Gasteiger partial charge in [-0.15, -0.1) is 0 Å². The second kappa shape index (κ2) is 3.02. The number of hydrogen-bond donors (Lipinski definition) is 2. The summed E-state index contributed by atoms with van der Waals surface area (Å²) in [5, 5.41) is 0. The molecule has 0 aliphatic heterocycles. The van der Waals surface area contributed by atoms with Crippen molar-refractivity contribution in [1.82, 2.24) is 4.98 Å². The molecule has 1 aliphatic rings. The van der Waals surface area contributed by atoms with E-state index in [0.717, 1.165) is 18.9 Å². The maximum Gasteiger partial charge on any atom is 0.431 e. The van der Waals surface area contributed by atoms with Gasteiger partial charge in [-0.25, -0.2) is 0 Å². The number of halogens is 3. The summed E-state index contributed by atoms with van der Waals surface area (Å²) < 4.78 is 36.6. The Hall–Kier alpha value is -0.970. The molecule has 3 N–H and O–H groups in total. The first-order valence-corrected chi connectivity index (χ1v) is 4.49. The molecule has 1 fully saturated rings. The average molecular weight is 204 g/mol. The molecule has 0 spiro atoms. The van der Waals surface area contributed by atoms with E-state index in [0.29, 0.717) is 11.5 Å². The number of alkyl halides is 3. The quantitative estimate of drug-likeness (QED) is 0.763. The van der Waals surface area contributed by atoms with Gasteiger partial charge in [0.2, 0.25) is 0 Å². The van der Waals surface area contributed by atoms with E-state index in [1.165, 1.54) is 6.20 Å². The van der Waals surface area contributed by atoms with Crippen LogP contribution in [0.1, 0.15) is 30.1 Å². The lowest BCUT2D eigenvalue weighted by atomic mass is 10.1. The highest BCUT2D eigenvalue weighted by atomic mass is 19.4. The number of H-pyrrole nitrogens is 1. The van der Waals surface area contributed by atoms with Crippen molar-refractivity contribution < 1.29 is 13.2 Å². The third-order valence-electron chi connectivity index (χ3n) is 2.53. The van der Waals surface area contributed by atoms with Crippen LogP contribution in [0.4, 0.5) is 13.2 Å². The largest absolute Gasteiger partial charge is 0.431 e. The van der Waals surface area contributed by atoms with Gasteiger partial charge in [-0.2, -0.15) is 13.2 Å². The van der Waals surface area contributed by atoms with Crippen LogP contribution in [0.15, 0.2) is 12.3 Å². The van der Waals surface area contributed by atoms with Crippen LogP contribution in [0, 0.1) is 5.92 Å². The lowest BCUT2D eigenvalue weighted by molar-refractivity contribution is -0.140. The van der Waals surface area contributed by atoms with Gasteiger partial charge in [0, 0.05) is 12.2 Å². The van der Waals surface area contributed by atoms with Crippen LogP contribution in [0.2, 0.25) is 0 Å². The Morgan fingerprint density at radius 3 is 2.50 bits per heavy atom. The van der Waals surface area contributed by atoms with Crippen LogP contribution in [-0.4, -0.2) is 4.98 Å². The molecule has 2 rings (SSSR count). The topological polar surface area (TPSA) is 41.8 Å². The SMILES string of the molecule is NC(c1c[nH]c(C(F)(F)F)c1)C1CC1. The zero-order valence-corrected chi connectivity index (χ0v) is 7.43. The summed E-state index contributed by atoms with van der Waals surface area (Å²) in [6.07, 6.45) is -0.908. The van der Waals surface area contributed by atoms with Crippen molar-refractivity contribution in [2.75, 3.05) is 0 Å². The van der Waals surface area contributed by atoms with Gasteiger partial charge in [-0.1, -0.05) is 0 Å². The Morgan fingerprint density at radius 2 is 2.07 bits per heavy atom. The number of nitrogens with two attached hydrogens (primary N) is 1. The van der Waals surface area contributed by atoms with Gasteiger partial charge in [0.15, 0.2) is 0 Å². The van der Waals surface area contributed by atoms with Crippen LogP contribution < -0.4 is 5.73 Å². The van der Waals surface area contributed by atoms with Gasteiger partial charge >= 0.3 is 6.18 Å². The maximum absolute atomic E-state index is 12.2. The van der Waals surface area contributed by atoms with Crippen molar-refractivity contribution >= 4 is 0 Å². The summed E-state index contributed by atoms with van der Waals surface area (Å²) >= 11 is 0. The Labute approximate surface area is 79.3 Å². The highest BCUT2D eigenvalue weighted by Crippen LogP contribution is 2.40. The summed E-state index contributed by atoms with van der Waals surface area (Å²) in [6, 6.07) is 0.852. The Kier molecular flexibility index (Phi) is 2.06. The fourth-order valence-electron chi connectivity index (χ4n) is 1.49.